The van der Waals surface area contributed by atoms with Gasteiger partial charge in [0.2, 0.25) is 0 Å². The molecule has 0 spiro atoms. The molecule has 1 saturated carbocycles. The summed E-state index contributed by atoms with van der Waals surface area (Å²) in [6.07, 6.45) is 3.96. The van der Waals surface area contributed by atoms with E-state index in [4.69, 9.17) is 0 Å². The SMILES string of the molecule is CN1CCN=C1NCCC1(O)CCC1. The Morgan fingerprint density at radius 2 is 2.36 bits per heavy atom. The van der Waals surface area contributed by atoms with Gasteiger partial charge in [-0.3, -0.25) is 4.99 Å². The van der Waals surface area contributed by atoms with Gasteiger partial charge in [0, 0.05) is 20.1 Å². The lowest BCUT2D eigenvalue weighted by Gasteiger charge is -2.36. The highest BCUT2D eigenvalue weighted by Crippen LogP contribution is 2.33. The van der Waals surface area contributed by atoms with E-state index in [0.717, 1.165) is 44.9 Å². The van der Waals surface area contributed by atoms with Crippen LogP contribution in [-0.4, -0.2) is 48.2 Å². The largest absolute Gasteiger partial charge is 0.390 e. The van der Waals surface area contributed by atoms with Gasteiger partial charge in [0.05, 0.1) is 12.1 Å². The number of likely N-dealkylation sites (N-methyl/N-ethyl adjacent to an activating group) is 1. The van der Waals surface area contributed by atoms with Gasteiger partial charge in [0.15, 0.2) is 5.96 Å². The van der Waals surface area contributed by atoms with E-state index in [0.29, 0.717) is 0 Å². The molecule has 0 aromatic heterocycles. The minimum atomic E-state index is -0.370. The fraction of sp³-hybridized carbons (Fsp3) is 0.900. The van der Waals surface area contributed by atoms with Crippen LogP contribution in [0, 0.1) is 0 Å². The molecule has 0 bridgehead atoms. The number of aliphatic imine (C=N–C) groups is 1. The van der Waals surface area contributed by atoms with Crippen molar-refractivity contribution in [2.45, 2.75) is 31.3 Å². The summed E-state index contributed by atoms with van der Waals surface area (Å²) in [6.45, 7) is 2.73. The maximum atomic E-state index is 9.86. The zero-order chi connectivity index (χ0) is 10.0. The maximum absolute atomic E-state index is 9.86. The third-order valence-electron chi connectivity index (χ3n) is 3.22. The Balaban J connectivity index is 1.67. The molecule has 2 aliphatic rings. The number of nitrogens with one attached hydrogen (secondary N) is 1. The molecule has 1 aliphatic heterocycles. The maximum Gasteiger partial charge on any atom is 0.193 e. The molecule has 0 radical (unpaired) electrons. The van der Waals surface area contributed by atoms with Crippen LogP contribution in [-0.2, 0) is 0 Å². The molecule has 0 saturated heterocycles. The van der Waals surface area contributed by atoms with Gasteiger partial charge in [0.25, 0.3) is 0 Å². The zero-order valence-electron chi connectivity index (χ0n) is 8.79. The van der Waals surface area contributed by atoms with Crippen LogP contribution in [0.1, 0.15) is 25.7 Å². The number of rotatable bonds is 3. The van der Waals surface area contributed by atoms with Gasteiger partial charge in [-0.2, -0.15) is 0 Å². The first-order valence-electron chi connectivity index (χ1n) is 5.41. The van der Waals surface area contributed by atoms with Crippen molar-refractivity contribution in [3.63, 3.8) is 0 Å². The lowest BCUT2D eigenvalue weighted by molar-refractivity contribution is -0.0387. The Bertz CT molecular complexity index is 236. The van der Waals surface area contributed by atoms with Crippen LogP contribution >= 0.6 is 0 Å². The normalized spacial score (nSPS) is 24.4. The molecule has 0 aromatic rings. The van der Waals surface area contributed by atoms with Crippen LogP contribution in [0.15, 0.2) is 4.99 Å². The summed E-state index contributed by atoms with van der Waals surface area (Å²) in [7, 11) is 2.04. The van der Waals surface area contributed by atoms with E-state index < -0.39 is 0 Å². The molecule has 14 heavy (non-hydrogen) atoms. The van der Waals surface area contributed by atoms with Crippen molar-refractivity contribution in [1.82, 2.24) is 10.2 Å². The molecule has 0 aromatic carbocycles. The molecule has 2 rings (SSSR count). The van der Waals surface area contributed by atoms with Crippen LogP contribution in [0.5, 0.6) is 0 Å². The van der Waals surface area contributed by atoms with Crippen LogP contribution in [0.2, 0.25) is 0 Å². The van der Waals surface area contributed by atoms with Crippen molar-refractivity contribution < 1.29 is 5.11 Å². The van der Waals surface area contributed by atoms with E-state index in [1.165, 1.54) is 6.42 Å². The van der Waals surface area contributed by atoms with Gasteiger partial charge < -0.3 is 15.3 Å². The number of hydrogen-bond donors (Lipinski definition) is 2. The summed E-state index contributed by atoms with van der Waals surface area (Å²) >= 11 is 0. The Kier molecular flexibility index (Phi) is 2.63. The first-order valence-corrected chi connectivity index (χ1v) is 5.41. The first kappa shape index (κ1) is 9.77. The van der Waals surface area contributed by atoms with E-state index in [-0.39, 0.29) is 5.60 Å². The summed E-state index contributed by atoms with van der Waals surface area (Å²) in [5, 5.41) is 13.1. The average Bonchev–Trinajstić information content (AvgIpc) is 2.49. The monoisotopic (exact) mass is 197 g/mol. The lowest BCUT2D eigenvalue weighted by atomic mass is 9.78. The number of nitrogens with zero attached hydrogens (tertiary/aromatic N) is 2. The lowest BCUT2D eigenvalue weighted by Crippen LogP contribution is -2.42. The standard InChI is InChI=1S/C10H19N3O/c1-13-8-7-12-9(13)11-6-5-10(14)3-2-4-10/h14H,2-8H2,1H3,(H,11,12). The topological polar surface area (TPSA) is 47.9 Å². The highest BCUT2D eigenvalue weighted by atomic mass is 16.3. The fourth-order valence-electron chi connectivity index (χ4n) is 1.97. The van der Waals surface area contributed by atoms with Crippen LogP contribution in [0.3, 0.4) is 0 Å². The van der Waals surface area contributed by atoms with Gasteiger partial charge in [-0.25, -0.2) is 0 Å². The van der Waals surface area contributed by atoms with Crippen molar-refractivity contribution in [3.8, 4) is 0 Å². The molecular weight excluding hydrogens is 178 g/mol. The quantitative estimate of drug-likeness (QED) is 0.678. The second-order valence-corrected chi connectivity index (χ2v) is 4.38. The van der Waals surface area contributed by atoms with Gasteiger partial charge in [-0.1, -0.05) is 0 Å². The summed E-state index contributed by atoms with van der Waals surface area (Å²) in [6, 6.07) is 0. The molecule has 1 fully saturated rings. The first-order chi connectivity index (χ1) is 6.70. The third-order valence-corrected chi connectivity index (χ3v) is 3.22. The predicted molar refractivity (Wildman–Crippen MR) is 56.4 cm³/mol. The average molecular weight is 197 g/mol. The van der Waals surface area contributed by atoms with Gasteiger partial charge in [-0.15, -0.1) is 0 Å². The summed E-state index contributed by atoms with van der Waals surface area (Å²) < 4.78 is 0. The molecule has 2 N–H and O–H groups in total. The summed E-state index contributed by atoms with van der Waals surface area (Å²) in [5.74, 6) is 0.980. The summed E-state index contributed by atoms with van der Waals surface area (Å²) in [5.41, 5.74) is -0.370. The second kappa shape index (κ2) is 3.77. The molecular formula is C10H19N3O. The van der Waals surface area contributed by atoms with E-state index in [2.05, 4.69) is 15.2 Å². The van der Waals surface area contributed by atoms with Gasteiger partial charge >= 0.3 is 0 Å². The van der Waals surface area contributed by atoms with Crippen molar-refractivity contribution >= 4 is 5.96 Å². The van der Waals surface area contributed by atoms with Crippen LogP contribution < -0.4 is 5.32 Å². The minimum absolute atomic E-state index is 0.370. The second-order valence-electron chi connectivity index (χ2n) is 4.38. The van der Waals surface area contributed by atoms with E-state index in [1.807, 2.05) is 7.05 Å². The number of guanidine groups is 1. The van der Waals surface area contributed by atoms with Crippen molar-refractivity contribution in [1.29, 1.82) is 0 Å². The van der Waals surface area contributed by atoms with Crippen molar-refractivity contribution in [3.05, 3.63) is 0 Å². The molecule has 0 amide bonds. The molecule has 1 heterocycles. The smallest absolute Gasteiger partial charge is 0.193 e. The van der Waals surface area contributed by atoms with Crippen LogP contribution in [0.4, 0.5) is 0 Å². The van der Waals surface area contributed by atoms with E-state index in [1.54, 1.807) is 0 Å². The van der Waals surface area contributed by atoms with Gasteiger partial charge in [-0.05, 0) is 25.7 Å². The minimum Gasteiger partial charge on any atom is -0.390 e. The Labute approximate surface area is 85.0 Å². The highest BCUT2D eigenvalue weighted by Gasteiger charge is 2.33. The van der Waals surface area contributed by atoms with E-state index in [9.17, 15) is 5.11 Å². The molecule has 0 atom stereocenters. The highest BCUT2D eigenvalue weighted by molar-refractivity contribution is 5.81. The zero-order valence-corrected chi connectivity index (χ0v) is 8.79. The number of hydrogen-bond acceptors (Lipinski definition) is 4. The Morgan fingerprint density at radius 3 is 2.86 bits per heavy atom. The number of aliphatic hydroxyl groups is 1. The molecule has 4 heteroatoms. The summed E-state index contributed by atoms with van der Waals surface area (Å²) in [4.78, 5) is 6.45. The predicted octanol–water partition coefficient (Wildman–Crippen LogP) is 0.182. The third kappa shape index (κ3) is 2.00. The Morgan fingerprint density at radius 1 is 1.57 bits per heavy atom. The van der Waals surface area contributed by atoms with E-state index >= 15 is 0 Å². The van der Waals surface area contributed by atoms with Crippen molar-refractivity contribution in [2.24, 2.45) is 4.99 Å². The molecule has 80 valence electrons. The molecule has 1 aliphatic carbocycles. The van der Waals surface area contributed by atoms with Gasteiger partial charge in [0.1, 0.15) is 0 Å². The van der Waals surface area contributed by atoms with Crippen LogP contribution in [0.25, 0.3) is 0 Å². The fourth-order valence-corrected chi connectivity index (χ4v) is 1.97. The molecule has 0 unspecified atom stereocenters. The Hall–Kier alpha value is -0.770. The molecule has 4 nitrogen and oxygen atoms in total. The van der Waals surface area contributed by atoms with Crippen molar-refractivity contribution in [2.75, 3.05) is 26.7 Å².